The number of nitrogens with one attached hydrogen (secondary N) is 1. The maximum atomic E-state index is 9.49. The van der Waals surface area contributed by atoms with Crippen molar-refractivity contribution >= 4 is 33.8 Å². The van der Waals surface area contributed by atoms with Crippen molar-refractivity contribution < 1.29 is 9.84 Å². The third-order valence-corrected chi connectivity index (χ3v) is 6.12. The molecule has 0 bridgehead atoms. The number of aromatic nitrogens is 2. The quantitative estimate of drug-likeness (QED) is 0.329. The maximum Gasteiger partial charge on any atom is 0.147 e. The van der Waals surface area contributed by atoms with Gasteiger partial charge < -0.3 is 9.84 Å². The third kappa shape index (κ3) is 3.97. The molecule has 2 N–H and O–H groups in total. The zero-order chi connectivity index (χ0) is 21.3. The van der Waals surface area contributed by atoms with Gasteiger partial charge in [-0.3, -0.25) is 5.43 Å². The number of ether oxygens (including phenoxy) is 1. The highest BCUT2D eigenvalue weighted by Crippen LogP contribution is 2.30. The average Bonchev–Trinajstić information content (AvgIpc) is 3.13. The van der Waals surface area contributed by atoms with Gasteiger partial charge in [-0.05, 0) is 68.8 Å². The fourth-order valence-corrected chi connectivity index (χ4v) is 4.23. The van der Waals surface area contributed by atoms with Crippen molar-refractivity contribution in [2.75, 3.05) is 12.5 Å². The lowest BCUT2D eigenvalue weighted by molar-refractivity contribution is 0.415. The van der Waals surface area contributed by atoms with Crippen molar-refractivity contribution in [1.82, 2.24) is 9.97 Å². The van der Waals surface area contributed by atoms with Crippen molar-refractivity contribution in [2.24, 2.45) is 5.10 Å². The molecule has 2 aromatic heterocycles. The first kappa shape index (κ1) is 19.8. The highest BCUT2D eigenvalue weighted by molar-refractivity contribution is 7.17. The molecular formula is C23H22N4O2S. The Morgan fingerprint density at radius 3 is 2.57 bits per heavy atom. The first-order valence-electron chi connectivity index (χ1n) is 9.47. The highest BCUT2D eigenvalue weighted by Gasteiger charge is 2.12. The van der Waals surface area contributed by atoms with Crippen LogP contribution in [0, 0.1) is 13.8 Å². The summed E-state index contributed by atoms with van der Waals surface area (Å²) in [6.45, 7) is 5.97. The van der Waals surface area contributed by atoms with E-state index in [0.717, 1.165) is 49.1 Å². The minimum absolute atomic E-state index is 0.241. The fraction of sp³-hybridized carbons (Fsp3) is 0.174. The largest absolute Gasteiger partial charge is 0.508 e. The smallest absolute Gasteiger partial charge is 0.147 e. The van der Waals surface area contributed by atoms with E-state index < -0.39 is 0 Å². The predicted octanol–water partition coefficient (Wildman–Crippen LogP) is 5.53. The SMILES string of the molecule is COc1ccc2c(C)cc(N/N=C(\C)c3sc(-c4ccc(O)cc4)nc3C)nc2c1. The Morgan fingerprint density at radius 2 is 1.83 bits per heavy atom. The summed E-state index contributed by atoms with van der Waals surface area (Å²) in [6.07, 6.45) is 0. The molecule has 0 aliphatic carbocycles. The topological polar surface area (TPSA) is 79.6 Å². The molecule has 0 saturated heterocycles. The minimum Gasteiger partial charge on any atom is -0.508 e. The molecular weight excluding hydrogens is 396 g/mol. The molecule has 152 valence electrons. The number of benzene rings is 2. The van der Waals surface area contributed by atoms with Gasteiger partial charge in [0.15, 0.2) is 0 Å². The number of pyridine rings is 1. The molecule has 0 saturated carbocycles. The number of phenolic OH excluding ortho intramolecular Hbond substituents is 1. The summed E-state index contributed by atoms with van der Waals surface area (Å²) >= 11 is 1.57. The Kier molecular flexibility index (Phi) is 5.37. The van der Waals surface area contributed by atoms with E-state index in [9.17, 15) is 5.11 Å². The number of hydrazone groups is 1. The Balaban J connectivity index is 1.60. The van der Waals surface area contributed by atoms with Gasteiger partial charge in [0.25, 0.3) is 0 Å². The number of phenols is 1. The highest BCUT2D eigenvalue weighted by atomic mass is 32.1. The zero-order valence-electron chi connectivity index (χ0n) is 17.2. The zero-order valence-corrected chi connectivity index (χ0v) is 18.0. The van der Waals surface area contributed by atoms with E-state index >= 15 is 0 Å². The summed E-state index contributed by atoms with van der Waals surface area (Å²) in [5.41, 5.74) is 7.76. The molecule has 0 fully saturated rings. The van der Waals surface area contributed by atoms with Crippen LogP contribution in [0.3, 0.4) is 0 Å². The summed E-state index contributed by atoms with van der Waals surface area (Å²) in [5, 5.41) is 16.0. The van der Waals surface area contributed by atoms with Crippen LogP contribution >= 0.6 is 11.3 Å². The molecule has 6 nitrogen and oxygen atoms in total. The second kappa shape index (κ2) is 8.12. The molecule has 4 rings (SSSR count). The van der Waals surface area contributed by atoms with Crippen molar-refractivity contribution in [1.29, 1.82) is 0 Å². The number of rotatable bonds is 5. The Morgan fingerprint density at radius 1 is 1.07 bits per heavy atom. The third-order valence-electron chi connectivity index (χ3n) is 4.80. The Bertz CT molecular complexity index is 1250. The van der Waals surface area contributed by atoms with E-state index in [1.807, 2.05) is 50.2 Å². The Hall–Kier alpha value is -3.45. The summed E-state index contributed by atoms with van der Waals surface area (Å²) in [7, 11) is 1.65. The molecule has 4 aromatic rings. The first-order chi connectivity index (χ1) is 14.4. The van der Waals surface area contributed by atoms with Gasteiger partial charge in [0, 0.05) is 17.0 Å². The number of hydrogen-bond acceptors (Lipinski definition) is 7. The molecule has 0 spiro atoms. The number of methoxy groups -OCH3 is 1. The van der Waals surface area contributed by atoms with Crippen molar-refractivity contribution in [3.63, 3.8) is 0 Å². The molecule has 0 amide bonds. The summed E-state index contributed by atoms with van der Waals surface area (Å²) in [5.74, 6) is 1.69. The first-order valence-corrected chi connectivity index (χ1v) is 10.3. The van der Waals surface area contributed by atoms with Gasteiger partial charge in [-0.15, -0.1) is 11.3 Å². The summed E-state index contributed by atoms with van der Waals surface area (Å²) in [6, 6.07) is 14.9. The van der Waals surface area contributed by atoms with Gasteiger partial charge >= 0.3 is 0 Å². The van der Waals surface area contributed by atoms with Crippen LogP contribution in [0.15, 0.2) is 53.6 Å². The van der Waals surface area contributed by atoms with Crippen LogP contribution < -0.4 is 10.2 Å². The molecule has 2 aromatic carbocycles. The van der Waals surface area contributed by atoms with Crippen LogP contribution in [0.4, 0.5) is 5.82 Å². The predicted molar refractivity (Wildman–Crippen MR) is 123 cm³/mol. The lowest BCUT2D eigenvalue weighted by atomic mass is 10.1. The van der Waals surface area contributed by atoms with Gasteiger partial charge in [0.05, 0.1) is 28.9 Å². The maximum absolute atomic E-state index is 9.49. The lowest BCUT2D eigenvalue weighted by Crippen LogP contribution is -2.01. The molecule has 0 radical (unpaired) electrons. The van der Waals surface area contributed by atoms with Gasteiger partial charge in [0.2, 0.25) is 0 Å². The van der Waals surface area contributed by atoms with Crippen LogP contribution in [0.2, 0.25) is 0 Å². The number of anilines is 1. The van der Waals surface area contributed by atoms with Crippen LogP contribution in [0.5, 0.6) is 11.5 Å². The minimum atomic E-state index is 0.241. The van der Waals surface area contributed by atoms with Crippen molar-refractivity contribution in [2.45, 2.75) is 20.8 Å². The number of aromatic hydroxyl groups is 1. The number of thiazole rings is 1. The molecule has 0 unspecified atom stereocenters. The number of aryl methyl sites for hydroxylation is 2. The molecule has 0 aliphatic heterocycles. The second-order valence-corrected chi connectivity index (χ2v) is 8.00. The van der Waals surface area contributed by atoms with E-state index in [2.05, 4.69) is 27.4 Å². The second-order valence-electron chi connectivity index (χ2n) is 7.00. The van der Waals surface area contributed by atoms with E-state index in [0.29, 0.717) is 5.82 Å². The number of nitrogens with zero attached hydrogens (tertiary/aromatic N) is 3. The van der Waals surface area contributed by atoms with E-state index in [1.54, 1.807) is 30.6 Å². The average molecular weight is 419 g/mol. The van der Waals surface area contributed by atoms with E-state index in [1.165, 1.54) is 0 Å². The van der Waals surface area contributed by atoms with E-state index in [-0.39, 0.29) is 5.75 Å². The molecule has 0 atom stereocenters. The fourth-order valence-electron chi connectivity index (χ4n) is 3.22. The molecule has 30 heavy (non-hydrogen) atoms. The van der Waals surface area contributed by atoms with Crippen LogP contribution in [0.25, 0.3) is 21.5 Å². The van der Waals surface area contributed by atoms with Crippen LogP contribution in [-0.2, 0) is 0 Å². The summed E-state index contributed by atoms with van der Waals surface area (Å²) < 4.78 is 5.31. The summed E-state index contributed by atoms with van der Waals surface area (Å²) in [4.78, 5) is 10.3. The van der Waals surface area contributed by atoms with Gasteiger partial charge in [0.1, 0.15) is 22.3 Å². The lowest BCUT2D eigenvalue weighted by Gasteiger charge is -2.08. The van der Waals surface area contributed by atoms with Gasteiger partial charge in [-0.25, -0.2) is 9.97 Å². The van der Waals surface area contributed by atoms with Gasteiger partial charge in [-0.1, -0.05) is 0 Å². The van der Waals surface area contributed by atoms with Crippen molar-refractivity contribution in [3.8, 4) is 22.1 Å². The van der Waals surface area contributed by atoms with Crippen molar-refractivity contribution in [3.05, 3.63) is 64.7 Å². The monoisotopic (exact) mass is 418 g/mol. The molecule has 7 heteroatoms. The molecule has 0 aliphatic rings. The van der Waals surface area contributed by atoms with Crippen LogP contribution in [0.1, 0.15) is 23.1 Å². The number of fused-ring (bicyclic) bond motifs is 1. The standard InChI is InChI=1S/C23H22N4O2S/c1-13-11-21(25-20-12-18(29-4)9-10-19(13)20)27-26-15(3)22-14(2)24-23(30-22)16-5-7-17(28)8-6-16/h5-12,28H,1-4H3,(H,25,27)/b26-15+. The van der Waals surface area contributed by atoms with Crippen LogP contribution in [-0.4, -0.2) is 27.9 Å². The van der Waals surface area contributed by atoms with Gasteiger partial charge in [-0.2, -0.15) is 5.10 Å². The Labute approximate surface area is 178 Å². The number of hydrogen-bond donors (Lipinski definition) is 2. The molecule has 2 heterocycles. The van der Waals surface area contributed by atoms with E-state index in [4.69, 9.17) is 4.74 Å². The normalized spacial score (nSPS) is 11.7.